The first-order valence-electron chi connectivity index (χ1n) is 5.71. The first-order chi connectivity index (χ1) is 9.84. The maximum Gasteiger partial charge on any atom is 0.258 e. The van der Waals surface area contributed by atoms with Crippen molar-refractivity contribution in [3.05, 3.63) is 30.1 Å². The quantitative estimate of drug-likeness (QED) is 0.724. The average molecular weight is 308 g/mol. The van der Waals surface area contributed by atoms with Crippen molar-refractivity contribution in [2.24, 2.45) is 0 Å². The normalized spacial score (nSPS) is 11.9. The van der Waals surface area contributed by atoms with Crippen molar-refractivity contribution in [2.75, 3.05) is 12.0 Å². The lowest BCUT2D eigenvalue weighted by molar-refractivity contribution is 0.592. The molecule has 2 aromatic heterocycles. The third kappa shape index (κ3) is 2.40. The van der Waals surface area contributed by atoms with Crippen LogP contribution in [0.4, 0.5) is 10.3 Å². The Kier molecular flexibility index (Phi) is 2.83. The molecule has 10 heteroatoms. The Hall–Kier alpha value is -2.62. The minimum Gasteiger partial charge on any atom is -0.368 e. The van der Waals surface area contributed by atoms with E-state index in [1.165, 1.54) is 24.3 Å². The Morgan fingerprint density at radius 1 is 1.14 bits per heavy atom. The molecule has 3 rings (SSSR count). The summed E-state index contributed by atoms with van der Waals surface area (Å²) >= 11 is 0. The van der Waals surface area contributed by atoms with Gasteiger partial charge in [-0.2, -0.15) is 19.5 Å². The molecular formula is C11H9FN6O2S. The van der Waals surface area contributed by atoms with E-state index in [9.17, 15) is 12.8 Å². The number of nitrogens with two attached hydrogens (primary N) is 1. The summed E-state index contributed by atoms with van der Waals surface area (Å²) in [5.41, 5.74) is 6.20. The van der Waals surface area contributed by atoms with Crippen LogP contribution in [0.25, 0.3) is 17.2 Å². The summed E-state index contributed by atoms with van der Waals surface area (Å²) in [5.74, 6) is -0.300. The Balaban J connectivity index is 2.20. The van der Waals surface area contributed by atoms with E-state index in [4.69, 9.17) is 5.73 Å². The molecular weight excluding hydrogens is 299 g/mol. The standard InChI is InChI=1S/C11H9FN6O2S/c1-21(19,20)11-15-9(13)18-10(16-11)14-8(17-18)6-2-4-7(12)5-3-6/h2-5H,1H3,(H2,13,14,15,16,17). The first kappa shape index (κ1) is 13.4. The van der Waals surface area contributed by atoms with Crippen LogP contribution in [-0.4, -0.2) is 39.2 Å². The Morgan fingerprint density at radius 2 is 1.81 bits per heavy atom. The zero-order valence-corrected chi connectivity index (χ0v) is 11.5. The number of aromatic nitrogens is 5. The SMILES string of the molecule is CS(=O)(=O)c1nc(N)n2nc(-c3ccc(F)cc3)nc2n1. The summed E-state index contributed by atoms with van der Waals surface area (Å²) in [4.78, 5) is 11.6. The maximum absolute atomic E-state index is 12.9. The number of nitrogens with zero attached hydrogens (tertiary/aromatic N) is 5. The van der Waals surface area contributed by atoms with Crippen LogP contribution in [-0.2, 0) is 9.84 Å². The average Bonchev–Trinajstić information content (AvgIpc) is 2.83. The van der Waals surface area contributed by atoms with Crippen molar-refractivity contribution >= 4 is 21.6 Å². The van der Waals surface area contributed by atoms with Gasteiger partial charge in [-0.1, -0.05) is 0 Å². The van der Waals surface area contributed by atoms with Gasteiger partial charge in [0.1, 0.15) is 5.82 Å². The highest BCUT2D eigenvalue weighted by Crippen LogP contribution is 2.17. The number of sulfone groups is 1. The van der Waals surface area contributed by atoms with E-state index in [0.29, 0.717) is 5.56 Å². The van der Waals surface area contributed by atoms with Crippen LogP contribution in [0, 0.1) is 5.82 Å². The molecule has 2 heterocycles. The topological polar surface area (TPSA) is 116 Å². The van der Waals surface area contributed by atoms with E-state index in [1.807, 2.05) is 0 Å². The predicted octanol–water partition coefficient (Wildman–Crippen LogP) is 0.311. The third-order valence-corrected chi connectivity index (χ3v) is 3.49. The zero-order valence-electron chi connectivity index (χ0n) is 10.7. The lowest BCUT2D eigenvalue weighted by atomic mass is 10.2. The molecule has 0 fully saturated rings. The van der Waals surface area contributed by atoms with Crippen molar-refractivity contribution < 1.29 is 12.8 Å². The fourth-order valence-electron chi connectivity index (χ4n) is 1.67. The second kappa shape index (κ2) is 4.45. The summed E-state index contributed by atoms with van der Waals surface area (Å²) in [7, 11) is -3.61. The maximum atomic E-state index is 12.9. The third-order valence-electron chi connectivity index (χ3n) is 2.65. The van der Waals surface area contributed by atoms with Gasteiger partial charge >= 0.3 is 0 Å². The molecule has 0 atom stereocenters. The summed E-state index contributed by atoms with van der Waals surface area (Å²) in [5, 5.41) is 3.65. The highest BCUT2D eigenvalue weighted by atomic mass is 32.2. The molecule has 0 aliphatic rings. The van der Waals surface area contributed by atoms with Gasteiger partial charge in [-0.05, 0) is 24.3 Å². The Morgan fingerprint density at radius 3 is 2.43 bits per heavy atom. The fraction of sp³-hybridized carbons (Fsp3) is 0.0909. The van der Waals surface area contributed by atoms with Crippen molar-refractivity contribution in [3.63, 3.8) is 0 Å². The van der Waals surface area contributed by atoms with Crippen molar-refractivity contribution in [2.45, 2.75) is 5.16 Å². The second-order valence-corrected chi connectivity index (χ2v) is 6.20. The highest BCUT2D eigenvalue weighted by Gasteiger charge is 2.17. The molecule has 0 spiro atoms. The number of hydrogen-bond donors (Lipinski definition) is 1. The largest absolute Gasteiger partial charge is 0.368 e. The van der Waals surface area contributed by atoms with Gasteiger partial charge in [-0.3, -0.25) is 0 Å². The summed E-state index contributed by atoms with van der Waals surface area (Å²) in [6.07, 6.45) is 0.968. The molecule has 0 bridgehead atoms. The second-order valence-electron chi connectivity index (χ2n) is 4.29. The minimum atomic E-state index is -3.61. The molecule has 0 amide bonds. The van der Waals surface area contributed by atoms with Gasteiger partial charge in [-0.25, -0.2) is 12.8 Å². The van der Waals surface area contributed by atoms with Gasteiger partial charge in [0.15, 0.2) is 5.82 Å². The van der Waals surface area contributed by atoms with E-state index in [2.05, 4.69) is 20.1 Å². The lowest BCUT2D eigenvalue weighted by Gasteiger charge is -1.99. The van der Waals surface area contributed by atoms with Crippen LogP contribution >= 0.6 is 0 Å². The number of halogens is 1. The van der Waals surface area contributed by atoms with Crippen molar-refractivity contribution in [3.8, 4) is 11.4 Å². The number of nitrogen functional groups attached to an aromatic ring is 1. The van der Waals surface area contributed by atoms with E-state index in [-0.39, 0.29) is 23.4 Å². The molecule has 108 valence electrons. The van der Waals surface area contributed by atoms with Gasteiger partial charge in [-0.15, -0.1) is 5.10 Å². The summed E-state index contributed by atoms with van der Waals surface area (Å²) in [6.45, 7) is 0. The number of rotatable bonds is 2. The van der Waals surface area contributed by atoms with Crippen LogP contribution in [0.15, 0.2) is 29.4 Å². The minimum absolute atomic E-state index is 0.00208. The zero-order chi connectivity index (χ0) is 15.2. The number of benzene rings is 1. The molecule has 0 aliphatic heterocycles. The van der Waals surface area contributed by atoms with Gasteiger partial charge in [0, 0.05) is 11.8 Å². The van der Waals surface area contributed by atoms with Gasteiger partial charge < -0.3 is 5.73 Å². The first-order valence-corrected chi connectivity index (χ1v) is 7.60. The van der Waals surface area contributed by atoms with Gasteiger partial charge in [0.05, 0.1) is 0 Å². The van der Waals surface area contributed by atoms with E-state index in [0.717, 1.165) is 10.8 Å². The molecule has 0 radical (unpaired) electrons. The van der Waals surface area contributed by atoms with E-state index < -0.39 is 15.0 Å². The van der Waals surface area contributed by atoms with Gasteiger partial charge in [0.2, 0.25) is 15.8 Å². The van der Waals surface area contributed by atoms with Crippen LogP contribution in [0.2, 0.25) is 0 Å². The van der Waals surface area contributed by atoms with Crippen molar-refractivity contribution in [1.82, 2.24) is 24.6 Å². The van der Waals surface area contributed by atoms with E-state index >= 15 is 0 Å². The predicted molar refractivity (Wildman–Crippen MR) is 71.5 cm³/mol. The number of fused-ring (bicyclic) bond motifs is 1. The van der Waals surface area contributed by atoms with Crippen LogP contribution in [0.1, 0.15) is 0 Å². The molecule has 0 unspecified atom stereocenters. The van der Waals surface area contributed by atoms with Gasteiger partial charge in [0.25, 0.3) is 10.9 Å². The summed E-state index contributed by atoms with van der Waals surface area (Å²) in [6, 6.07) is 5.51. The van der Waals surface area contributed by atoms with Crippen LogP contribution in [0.3, 0.4) is 0 Å². The molecule has 0 aliphatic carbocycles. The Labute approximate surface area is 118 Å². The molecule has 0 saturated carbocycles. The van der Waals surface area contributed by atoms with E-state index in [1.54, 1.807) is 0 Å². The van der Waals surface area contributed by atoms with Crippen LogP contribution < -0.4 is 5.73 Å². The molecule has 3 aromatic rings. The Bertz CT molecular complexity index is 935. The summed E-state index contributed by atoms with van der Waals surface area (Å²) < 4.78 is 36.9. The molecule has 2 N–H and O–H groups in total. The number of hydrogen-bond acceptors (Lipinski definition) is 7. The molecule has 21 heavy (non-hydrogen) atoms. The lowest BCUT2D eigenvalue weighted by Crippen LogP contribution is -2.11. The molecule has 8 nitrogen and oxygen atoms in total. The smallest absolute Gasteiger partial charge is 0.258 e. The number of anilines is 1. The molecule has 0 saturated heterocycles. The van der Waals surface area contributed by atoms with Crippen LogP contribution in [0.5, 0.6) is 0 Å². The highest BCUT2D eigenvalue weighted by molar-refractivity contribution is 7.90. The monoisotopic (exact) mass is 308 g/mol. The fourth-order valence-corrected chi connectivity index (χ4v) is 2.18. The molecule has 1 aromatic carbocycles. The van der Waals surface area contributed by atoms with Crippen molar-refractivity contribution in [1.29, 1.82) is 0 Å².